The highest BCUT2D eigenvalue weighted by Gasteiger charge is 2.03. The molecular formula is C9H10N4S2. The Morgan fingerprint density at radius 2 is 2.40 bits per heavy atom. The molecule has 2 heterocycles. The predicted octanol–water partition coefficient (Wildman–Crippen LogP) is 2.27. The molecule has 15 heavy (non-hydrogen) atoms. The van der Waals surface area contributed by atoms with Crippen molar-refractivity contribution in [2.24, 2.45) is 0 Å². The van der Waals surface area contributed by atoms with E-state index in [1.54, 1.807) is 29.3 Å². The molecule has 2 aromatic heterocycles. The summed E-state index contributed by atoms with van der Waals surface area (Å²) in [6, 6.07) is 4.00. The second-order valence-corrected chi connectivity index (χ2v) is 4.97. The van der Waals surface area contributed by atoms with E-state index in [0.29, 0.717) is 0 Å². The van der Waals surface area contributed by atoms with Gasteiger partial charge < -0.3 is 5.32 Å². The number of pyridine rings is 1. The lowest BCUT2D eigenvalue weighted by Crippen LogP contribution is -1.84. The molecule has 0 saturated heterocycles. The maximum Gasteiger partial charge on any atom is 0.206 e. The van der Waals surface area contributed by atoms with Crippen molar-refractivity contribution in [2.45, 2.75) is 10.1 Å². The van der Waals surface area contributed by atoms with Crippen LogP contribution in [0.5, 0.6) is 0 Å². The van der Waals surface area contributed by atoms with Gasteiger partial charge in [-0.15, -0.1) is 10.2 Å². The lowest BCUT2D eigenvalue weighted by molar-refractivity contribution is 1.01. The predicted molar refractivity (Wildman–Crippen MR) is 63.3 cm³/mol. The van der Waals surface area contributed by atoms with Crippen LogP contribution < -0.4 is 5.32 Å². The van der Waals surface area contributed by atoms with E-state index in [4.69, 9.17) is 0 Å². The van der Waals surface area contributed by atoms with Crippen LogP contribution in [0.2, 0.25) is 0 Å². The van der Waals surface area contributed by atoms with Crippen molar-refractivity contribution < 1.29 is 0 Å². The molecule has 0 aliphatic heterocycles. The van der Waals surface area contributed by atoms with Gasteiger partial charge in [-0.3, -0.25) is 4.98 Å². The molecular weight excluding hydrogens is 228 g/mol. The molecule has 2 rings (SSSR count). The molecule has 2 aromatic rings. The quantitative estimate of drug-likeness (QED) is 0.828. The van der Waals surface area contributed by atoms with Crippen molar-refractivity contribution >= 4 is 28.2 Å². The molecule has 0 atom stereocenters. The highest BCUT2D eigenvalue weighted by molar-refractivity contribution is 8.00. The standard InChI is InChI=1S/C9H10N4S2/c1-10-8-12-13-9(15-8)14-6-7-3-2-4-11-5-7/h2-5H,6H2,1H3,(H,10,12). The number of thioether (sulfide) groups is 1. The lowest BCUT2D eigenvalue weighted by Gasteiger charge is -1.95. The van der Waals surface area contributed by atoms with Crippen LogP contribution in [-0.2, 0) is 5.75 Å². The lowest BCUT2D eigenvalue weighted by atomic mass is 10.3. The summed E-state index contributed by atoms with van der Waals surface area (Å²) in [6.45, 7) is 0. The fourth-order valence-electron chi connectivity index (χ4n) is 0.998. The monoisotopic (exact) mass is 238 g/mol. The SMILES string of the molecule is CNc1nnc(SCc2cccnc2)s1. The summed E-state index contributed by atoms with van der Waals surface area (Å²) in [5.74, 6) is 0.881. The third-order valence-electron chi connectivity index (χ3n) is 1.71. The fraction of sp³-hybridized carbons (Fsp3) is 0.222. The van der Waals surface area contributed by atoms with Gasteiger partial charge in [0.25, 0.3) is 0 Å². The molecule has 0 aliphatic carbocycles. The minimum atomic E-state index is 0.851. The highest BCUT2D eigenvalue weighted by Crippen LogP contribution is 2.27. The zero-order valence-corrected chi connectivity index (χ0v) is 9.81. The van der Waals surface area contributed by atoms with Gasteiger partial charge >= 0.3 is 0 Å². The maximum absolute atomic E-state index is 4.06. The molecule has 0 bridgehead atoms. The molecule has 0 saturated carbocycles. The van der Waals surface area contributed by atoms with Crippen LogP contribution in [0.3, 0.4) is 0 Å². The van der Waals surface area contributed by atoms with Crippen LogP contribution >= 0.6 is 23.1 Å². The fourth-order valence-corrected chi connectivity index (χ4v) is 2.64. The molecule has 4 nitrogen and oxygen atoms in total. The Balaban J connectivity index is 1.93. The molecule has 78 valence electrons. The van der Waals surface area contributed by atoms with Crippen LogP contribution in [-0.4, -0.2) is 22.2 Å². The average molecular weight is 238 g/mol. The van der Waals surface area contributed by atoms with Crippen LogP contribution in [0, 0.1) is 0 Å². The number of nitrogens with zero attached hydrogens (tertiary/aromatic N) is 3. The molecule has 0 spiro atoms. The molecule has 0 fully saturated rings. The van der Waals surface area contributed by atoms with Crippen LogP contribution in [0.1, 0.15) is 5.56 Å². The summed E-state index contributed by atoms with van der Waals surface area (Å²) in [6.07, 6.45) is 3.64. The smallest absolute Gasteiger partial charge is 0.206 e. The minimum Gasteiger partial charge on any atom is -0.363 e. The van der Waals surface area contributed by atoms with Crippen molar-refractivity contribution in [3.63, 3.8) is 0 Å². The Labute approximate surface area is 96.2 Å². The van der Waals surface area contributed by atoms with Crippen molar-refractivity contribution in [1.29, 1.82) is 0 Å². The zero-order chi connectivity index (χ0) is 10.5. The van der Waals surface area contributed by atoms with E-state index in [1.165, 1.54) is 5.56 Å². The molecule has 0 radical (unpaired) electrons. The van der Waals surface area contributed by atoms with Gasteiger partial charge in [-0.1, -0.05) is 29.2 Å². The molecule has 6 heteroatoms. The highest BCUT2D eigenvalue weighted by atomic mass is 32.2. The topological polar surface area (TPSA) is 50.7 Å². The number of nitrogens with one attached hydrogen (secondary N) is 1. The van der Waals surface area contributed by atoms with E-state index in [9.17, 15) is 0 Å². The van der Waals surface area contributed by atoms with E-state index < -0.39 is 0 Å². The van der Waals surface area contributed by atoms with Crippen molar-refractivity contribution in [2.75, 3.05) is 12.4 Å². The number of rotatable bonds is 4. The van der Waals surface area contributed by atoms with E-state index >= 15 is 0 Å². The van der Waals surface area contributed by atoms with Gasteiger partial charge in [-0.2, -0.15) is 0 Å². The first-order chi connectivity index (χ1) is 7.38. The third kappa shape index (κ3) is 2.90. The summed E-state index contributed by atoms with van der Waals surface area (Å²) in [5.41, 5.74) is 1.20. The third-order valence-corrected chi connectivity index (χ3v) is 3.85. The van der Waals surface area contributed by atoms with Gasteiger partial charge in [-0.25, -0.2) is 0 Å². The van der Waals surface area contributed by atoms with Gasteiger partial charge in [0, 0.05) is 25.2 Å². The number of aromatic nitrogens is 3. The normalized spacial score (nSPS) is 10.2. The van der Waals surface area contributed by atoms with E-state index in [-0.39, 0.29) is 0 Å². The maximum atomic E-state index is 4.06. The van der Waals surface area contributed by atoms with Crippen LogP contribution in [0.25, 0.3) is 0 Å². The number of anilines is 1. The molecule has 0 aromatic carbocycles. The largest absolute Gasteiger partial charge is 0.363 e. The molecule has 0 amide bonds. The molecule has 1 N–H and O–H groups in total. The number of hydrogen-bond acceptors (Lipinski definition) is 6. The molecule has 0 aliphatic rings. The summed E-state index contributed by atoms with van der Waals surface area (Å²) in [7, 11) is 1.84. The van der Waals surface area contributed by atoms with Crippen molar-refractivity contribution in [1.82, 2.24) is 15.2 Å². The van der Waals surface area contributed by atoms with Crippen molar-refractivity contribution in [3.05, 3.63) is 30.1 Å². The molecule has 0 unspecified atom stereocenters. The summed E-state index contributed by atoms with van der Waals surface area (Å²) < 4.78 is 0.975. The minimum absolute atomic E-state index is 0.851. The second-order valence-electron chi connectivity index (χ2n) is 2.77. The van der Waals surface area contributed by atoms with E-state index in [1.807, 2.05) is 19.3 Å². The van der Waals surface area contributed by atoms with E-state index in [2.05, 4.69) is 26.6 Å². The van der Waals surface area contributed by atoms with Gasteiger partial charge in [0.2, 0.25) is 5.13 Å². The Bertz CT molecular complexity index is 415. The average Bonchev–Trinajstić information content (AvgIpc) is 2.76. The van der Waals surface area contributed by atoms with Gasteiger partial charge in [0.1, 0.15) is 0 Å². The van der Waals surface area contributed by atoms with Gasteiger partial charge in [0.05, 0.1) is 0 Å². The zero-order valence-electron chi connectivity index (χ0n) is 8.17. The van der Waals surface area contributed by atoms with Crippen LogP contribution in [0.4, 0.5) is 5.13 Å². The summed E-state index contributed by atoms with van der Waals surface area (Å²) >= 11 is 3.24. The first-order valence-corrected chi connectivity index (χ1v) is 6.21. The number of hydrogen-bond donors (Lipinski definition) is 1. The van der Waals surface area contributed by atoms with Gasteiger partial charge in [0.15, 0.2) is 4.34 Å². The first kappa shape index (κ1) is 10.4. The van der Waals surface area contributed by atoms with Crippen molar-refractivity contribution in [3.8, 4) is 0 Å². The Morgan fingerprint density at radius 3 is 3.07 bits per heavy atom. The van der Waals surface area contributed by atoms with Gasteiger partial charge in [-0.05, 0) is 11.6 Å². The summed E-state index contributed by atoms with van der Waals surface area (Å²) in [5, 5.41) is 11.8. The Hall–Kier alpha value is -1.14. The second kappa shape index (κ2) is 5.09. The first-order valence-electron chi connectivity index (χ1n) is 4.41. The summed E-state index contributed by atoms with van der Waals surface area (Å²) in [4.78, 5) is 4.06. The Kier molecular flexibility index (Phi) is 3.52. The van der Waals surface area contributed by atoms with E-state index in [0.717, 1.165) is 15.2 Å². The van der Waals surface area contributed by atoms with Crippen LogP contribution in [0.15, 0.2) is 28.9 Å². The Morgan fingerprint density at radius 1 is 1.47 bits per heavy atom.